The van der Waals surface area contributed by atoms with Crippen LogP contribution in [0.15, 0.2) is 66.0 Å². The van der Waals surface area contributed by atoms with Crippen LogP contribution in [0.3, 0.4) is 0 Å². The van der Waals surface area contributed by atoms with Crippen LogP contribution in [0.25, 0.3) is 16.7 Å². The molecule has 0 bridgehead atoms. The molecule has 4 aromatic rings. The van der Waals surface area contributed by atoms with Crippen molar-refractivity contribution in [1.82, 2.24) is 30.0 Å². The van der Waals surface area contributed by atoms with Crippen LogP contribution in [0.1, 0.15) is 11.1 Å². The topological polar surface area (TPSA) is 113 Å². The summed E-state index contributed by atoms with van der Waals surface area (Å²) in [6.45, 7) is 4.24. The first-order valence-corrected chi connectivity index (χ1v) is 13.9. The Bertz CT molecular complexity index is 1530. The molecule has 192 valence electrons. The average Bonchev–Trinajstić information content (AvgIpc) is 3.32. The van der Waals surface area contributed by atoms with Gasteiger partial charge in [0, 0.05) is 38.6 Å². The lowest BCUT2D eigenvalue weighted by Gasteiger charge is -2.39. The molecular formula is C26H29N7O3S. The smallest absolute Gasteiger partial charge is 0.239 e. The molecule has 10 nitrogen and oxygen atoms in total. The molecule has 1 amide bonds. The molecule has 37 heavy (non-hydrogen) atoms. The molecule has 11 heteroatoms. The van der Waals surface area contributed by atoms with Gasteiger partial charge in [0.15, 0.2) is 15.5 Å². The Morgan fingerprint density at radius 2 is 1.78 bits per heavy atom. The molecule has 1 fully saturated rings. The van der Waals surface area contributed by atoms with Crippen molar-refractivity contribution in [3.8, 4) is 5.69 Å². The molecular weight excluding hydrogens is 490 g/mol. The van der Waals surface area contributed by atoms with Gasteiger partial charge in [-0.25, -0.2) is 23.1 Å². The van der Waals surface area contributed by atoms with Gasteiger partial charge in [0.25, 0.3) is 0 Å². The third-order valence-electron chi connectivity index (χ3n) is 6.66. The SMILES string of the molecule is Cc1ccc(-n2cc3c(N4CCN(C)C(C(=O)NCc5ccc(S(C)(=O)=O)cc5)C4)ncnc3n2)cc1. The Kier molecular flexibility index (Phi) is 6.65. The lowest BCUT2D eigenvalue weighted by Crippen LogP contribution is -2.57. The predicted molar refractivity (Wildman–Crippen MR) is 141 cm³/mol. The Hall–Kier alpha value is -3.83. The summed E-state index contributed by atoms with van der Waals surface area (Å²) in [5, 5.41) is 8.45. The van der Waals surface area contributed by atoms with Gasteiger partial charge in [-0.05, 0) is 43.8 Å². The van der Waals surface area contributed by atoms with E-state index in [0.717, 1.165) is 29.0 Å². The number of anilines is 1. The number of amides is 1. The molecule has 0 spiro atoms. The normalized spacial score (nSPS) is 16.7. The largest absolute Gasteiger partial charge is 0.353 e. The number of sulfone groups is 1. The second-order valence-electron chi connectivity index (χ2n) is 9.42. The lowest BCUT2D eigenvalue weighted by atomic mass is 10.1. The zero-order chi connectivity index (χ0) is 26.2. The molecule has 1 atom stereocenters. The number of carbonyl (C=O) groups is 1. The molecule has 2 aromatic carbocycles. The highest BCUT2D eigenvalue weighted by Gasteiger charge is 2.31. The number of nitrogens with zero attached hydrogens (tertiary/aromatic N) is 6. The second-order valence-corrected chi connectivity index (χ2v) is 11.4. The van der Waals surface area contributed by atoms with Crippen LogP contribution >= 0.6 is 0 Å². The van der Waals surface area contributed by atoms with Crippen molar-refractivity contribution in [3.05, 3.63) is 72.2 Å². The van der Waals surface area contributed by atoms with E-state index in [1.165, 1.54) is 18.1 Å². The van der Waals surface area contributed by atoms with E-state index < -0.39 is 9.84 Å². The maximum atomic E-state index is 13.1. The Labute approximate surface area is 215 Å². The number of benzene rings is 2. The molecule has 1 unspecified atom stereocenters. The number of fused-ring (bicyclic) bond motifs is 1. The zero-order valence-corrected chi connectivity index (χ0v) is 21.8. The molecule has 1 aliphatic rings. The summed E-state index contributed by atoms with van der Waals surface area (Å²) >= 11 is 0. The molecule has 3 heterocycles. The van der Waals surface area contributed by atoms with Crippen molar-refractivity contribution in [2.75, 3.05) is 37.8 Å². The minimum Gasteiger partial charge on any atom is -0.353 e. The monoisotopic (exact) mass is 519 g/mol. The van der Waals surface area contributed by atoms with E-state index in [-0.39, 0.29) is 16.8 Å². The summed E-state index contributed by atoms with van der Waals surface area (Å²) in [7, 11) is -1.32. The van der Waals surface area contributed by atoms with E-state index in [2.05, 4.69) is 25.3 Å². The number of nitrogens with one attached hydrogen (secondary N) is 1. The standard InChI is InChI=1S/C26H29N7O3S/c1-18-4-8-20(9-5-18)33-15-22-24(30-33)28-17-29-25(22)32-13-12-31(2)23(16-32)26(34)27-14-19-6-10-21(11-7-19)37(3,35)36/h4-11,15,17,23H,12-14,16H2,1-3H3,(H,27,34). The van der Waals surface area contributed by atoms with Gasteiger partial charge in [-0.15, -0.1) is 5.10 Å². The van der Waals surface area contributed by atoms with Gasteiger partial charge < -0.3 is 10.2 Å². The predicted octanol–water partition coefficient (Wildman–Crippen LogP) is 1.96. The first kappa shape index (κ1) is 24.8. The highest BCUT2D eigenvalue weighted by Crippen LogP contribution is 2.26. The van der Waals surface area contributed by atoms with Crippen molar-refractivity contribution in [2.24, 2.45) is 0 Å². The number of likely N-dealkylation sites (N-methyl/N-ethyl adjacent to an activating group) is 1. The van der Waals surface area contributed by atoms with Crippen molar-refractivity contribution >= 4 is 32.6 Å². The lowest BCUT2D eigenvalue weighted by molar-refractivity contribution is -0.126. The fourth-order valence-corrected chi connectivity index (χ4v) is 5.05. The Morgan fingerprint density at radius 3 is 2.49 bits per heavy atom. The minimum absolute atomic E-state index is 0.0972. The van der Waals surface area contributed by atoms with E-state index >= 15 is 0 Å². The van der Waals surface area contributed by atoms with Crippen LogP contribution < -0.4 is 10.2 Å². The zero-order valence-electron chi connectivity index (χ0n) is 21.0. The molecule has 0 radical (unpaired) electrons. The molecule has 1 aliphatic heterocycles. The van der Waals surface area contributed by atoms with Crippen molar-refractivity contribution in [3.63, 3.8) is 0 Å². The third kappa shape index (κ3) is 5.32. The van der Waals surface area contributed by atoms with E-state index in [4.69, 9.17) is 0 Å². The second kappa shape index (κ2) is 9.91. The molecule has 2 aromatic heterocycles. The van der Waals surface area contributed by atoms with Crippen molar-refractivity contribution in [1.29, 1.82) is 0 Å². The summed E-state index contributed by atoms with van der Waals surface area (Å²) in [4.78, 5) is 26.4. The highest BCUT2D eigenvalue weighted by molar-refractivity contribution is 7.90. The van der Waals surface area contributed by atoms with Gasteiger partial charge in [0.2, 0.25) is 5.91 Å². The molecule has 5 rings (SSSR count). The summed E-state index contributed by atoms with van der Waals surface area (Å²) in [6, 6.07) is 14.3. The van der Waals surface area contributed by atoms with Crippen LogP contribution in [0.4, 0.5) is 5.82 Å². The van der Waals surface area contributed by atoms with E-state index in [0.29, 0.717) is 25.3 Å². The van der Waals surface area contributed by atoms with Gasteiger partial charge in [0.05, 0.1) is 16.0 Å². The Morgan fingerprint density at radius 1 is 1.05 bits per heavy atom. The third-order valence-corrected chi connectivity index (χ3v) is 7.79. The molecule has 1 N–H and O–H groups in total. The van der Waals surface area contributed by atoms with Gasteiger partial charge in [-0.2, -0.15) is 0 Å². The average molecular weight is 520 g/mol. The van der Waals surface area contributed by atoms with E-state index in [9.17, 15) is 13.2 Å². The van der Waals surface area contributed by atoms with E-state index in [1.54, 1.807) is 28.9 Å². The number of aryl methyl sites for hydroxylation is 1. The van der Waals surface area contributed by atoms with E-state index in [1.807, 2.05) is 49.3 Å². The minimum atomic E-state index is -3.26. The van der Waals surface area contributed by atoms with Crippen molar-refractivity contribution in [2.45, 2.75) is 24.4 Å². The number of hydrogen-bond acceptors (Lipinski definition) is 8. The molecule has 0 aliphatic carbocycles. The summed E-state index contributed by atoms with van der Waals surface area (Å²) in [6.07, 6.45) is 4.62. The van der Waals surface area contributed by atoms with Crippen LogP contribution in [0.2, 0.25) is 0 Å². The molecule has 1 saturated heterocycles. The summed E-state index contributed by atoms with van der Waals surface area (Å²) in [5.74, 6) is 0.658. The fraction of sp³-hybridized carbons (Fsp3) is 0.308. The van der Waals surface area contributed by atoms with Crippen LogP contribution in [0, 0.1) is 6.92 Å². The maximum absolute atomic E-state index is 13.1. The van der Waals surface area contributed by atoms with Gasteiger partial charge >= 0.3 is 0 Å². The Balaban J connectivity index is 1.31. The van der Waals surface area contributed by atoms with Crippen molar-refractivity contribution < 1.29 is 13.2 Å². The quantitative estimate of drug-likeness (QED) is 0.411. The number of rotatable bonds is 6. The van der Waals surface area contributed by atoms with Crippen LogP contribution in [-0.4, -0.2) is 78.0 Å². The fourth-order valence-electron chi connectivity index (χ4n) is 4.42. The summed E-state index contributed by atoms with van der Waals surface area (Å²) in [5.41, 5.74) is 3.54. The first-order chi connectivity index (χ1) is 17.7. The maximum Gasteiger partial charge on any atom is 0.239 e. The first-order valence-electron chi connectivity index (χ1n) is 12.0. The van der Waals surface area contributed by atoms with Crippen LogP contribution in [-0.2, 0) is 21.2 Å². The van der Waals surface area contributed by atoms with Crippen LogP contribution in [0.5, 0.6) is 0 Å². The highest BCUT2D eigenvalue weighted by atomic mass is 32.2. The van der Waals surface area contributed by atoms with Gasteiger partial charge in [0.1, 0.15) is 18.2 Å². The number of hydrogen-bond donors (Lipinski definition) is 1. The van der Waals surface area contributed by atoms with Gasteiger partial charge in [-0.1, -0.05) is 29.8 Å². The number of carbonyl (C=O) groups excluding carboxylic acids is 1. The molecule has 0 saturated carbocycles. The van der Waals surface area contributed by atoms with Gasteiger partial charge in [-0.3, -0.25) is 9.69 Å². The number of aromatic nitrogens is 4. The number of piperazine rings is 1. The summed E-state index contributed by atoms with van der Waals surface area (Å²) < 4.78 is 25.2.